The van der Waals surface area contributed by atoms with Crippen molar-refractivity contribution in [3.8, 4) is 5.75 Å². The van der Waals surface area contributed by atoms with Gasteiger partial charge < -0.3 is 10.1 Å². The van der Waals surface area contributed by atoms with Crippen molar-refractivity contribution in [2.75, 3.05) is 6.61 Å². The zero-order chi connectivity index (χ0) is 15.9. The van der Waals surface area contributed by atoms with E-state index in [2.05, 4.69) is 19.2 Å². The van der Waals surface area contributed by atoms with Crippen molar-refractivity contribution in [2.24, 2.45) is 0 Å². The van der Waals surface area contributed by atoms with Crippen LogP contribution >= 0.6 is 0 Å². The summed E-state index contributed by atoms with van der Waals surface area (Å²) in [6.07, 6.45) is 0. The molecule has 0 fully saturated rings. The molecule has 0 aliphatic carbocycles. The third-order valence-electron chi connectivity index (χ3n) is 3.58. The number of para-hydroxylation sites is 1. The molecule has 1 amide bonds. The maximum Gasteiger partial charge on any atom is 0.258 e. The summed E-state index contributed by atoms with van der Waals surface area (Å²) in [7, 11) is 0. The predicted octanol–water partition coefficient (Wildman–Crippen LogP) is 4.07. The van der Waals surface area contributed by atoms with Gasteiger partial charge in [-0.25, -0.2) is 0 Å². The van der Waals surface area contributed by atoms with Crippen molar-refractivity contribution in [3.05, 3.63) is 65.7 Å². The zero-order valence-electron chi connectivity index (χ0n) is 13.4. The van der Waals surface area contributed by atoms with Crippen molar-refractivity contribution < 1.29 is 9.53 Å². The molecule has 116 valence electrons. The second-order valence-corrected chi connectivity index (χ2v) is 5.68. The number of benzene rings is 2. The molecule has 0 saturated heterocycles. The molecule has 0 aliphatic rings. The lowest BCUT2D eigenvalue weighted by atomic mass is 10.0. The lowest BCUT2D eigenvalue weighted by Gasteiger charge is -2.16. The molecule has 2 rings (SSSR count). The maximum atomic E-state index is 12.0. The van der Waals surface area contributed by atoms with Crippen LogP contribution in [-0.4, -0.2) is 12.5 Å². The normalized spacial score (nSPS) is 12.0. The Morgan fingerprint density at radius 3 is 2.32 bits per heavy atom. The van der Waals surface area contributed by atoms with Crippen LogP contribution in [0.5, 0.6) is 5.75 Å². The van der Waals surface area contributed by atoms with E-state index in [1.54, 1.807) is 0 Å². The highest BCUT2D eigenvalue weighted by Gasteiger charge is 2.12. The molecular weight excluding hydrogens is 274 g/mol. The van der Waals surface area contributed by atoms with Gasteiger partial charge in [-0.2, -0.15) is 0 Å². The first-order chi connectivity index (χ1) is 10.6. The average Bonchev–Trinajstić information content (AvgIpc) is 2.54. The van der Waals surface area contributed by atoms with Gasteiger partial charge in [0.05, 0.1) is 6.04 Å². The van der Waals surface area contributed by atoms with Crippen LogP contribution in [-0.2, 0) is 4.79 Å². The smallest absolute Gasteiger partial charge is 0.258 e. The predicted molar refractivity (Wildman–Crippen MR) is 89.0 cm³/mol. The summed E-state index contributed by atoms with van der Waals surface area (Å²) < 4.78 is 5.68. The van der Waals surface area contributed by atoms with E-state index >= 15 is 0 Å². The van der Waals surface area contributed by atoms with Crippen LogP contribution in [0.3, 0.4) is 0 Å². The fraction of sp³-hybridized carbons (Fsp3) is 0.316. The van der Waals surface area contributed by atoms with Crippen LogP contribution < -0.4 is 10.1 Å². The van der Waals surface area contributed by atoms with E-state index in [0.717, 1.165) is 16.9 Å². The van der Waals surface area contributed by atoms with Crippen LogP contribution in [0.15, 0.2) is 54.6 Å². The Hall–Kier alpha value is -2.29. The first kappa shape index (κ1) is 16.1. The summed E-state index contributed by atoms with van der Waals surface area (Å²) in [5.41, 5.74) is 2.20. The molecule has 0 aromatic heterocycles. The van der Waals surface area contributed by atoms with Crippen LogP contribution in [0, 0.1) is 0 Å². The summed E-state index contributed by atoms with van der Waals surface area (Å²) >= 11 is 0. The van der Waals surface area contributed by atoms with Crippen molar-refractivity contribution in [1.82, 2.24) is 5.32 Å². The molecule has 0 aliphatic heterocycles. The van der Waals surface area contributed by atoms with Crippen LogP contribution in [0.25, 0.3) is 0 Å². The number of rotatable bonds is 6. The summed E-state index contributed by atoms with van der Waals surface area (Å²) in [5.74, 6) is 1.03. The molecule has 1 atom stereocenters. The molecule has 0 radical (unpaired) electrons. The molecule has 0 heterocycles. The molecule has 0 unspecified atom stereocenters. The van der Waals surface area contributed by atoms with E-state index in [9.17, 15) is 4.79 Å². The quantitative estimate of drug-likeness (QED) is 0.873. The van der Waals surface area contributed by atoms with Crippen molar-refractivity contribution in [1.29, 1.82) is 0 Å². The highest BCUT2D eigenvalue weighted by atomic mass is 16.5. The van der Waals surface area contributed by atoms with Crippen LogP contribution in [0.2, 0.25) is 0 Å². The van der Waals surface area contributed by atoms with Crippen LogP contribution in [0.4, 0.5) is 0 Å². The topological polar surface area (TPSA) is 38.3 Å². The van der Waals surface area contributed by atoms with Gasteiger partial charge in [0.15, 0.2) is 6.61 Å². The van der Waals surface area contributed by atoms with Gasteiger partial charge in [0.25, 0.3) is 5.91 Å². The number of ether oxygens (including phenoxy) is 1. The number of hydrogen-bond donors (Lipinski definition) is 1. The highest BCUT2D eigenvalue weighted by Crippen LogP contribution is 2.25. The first-order valence-electron chi connectivity index (χ1n) is 7.64. The van der Waals surface area contributed by atoms with Gasteiger partial charge in [-0.1, -0.05) is 62.4 Å². The van der Waals surface area contributed by atoms with Crippen molar-refractivity contribution >= 4 is 5.91 Å². The summed E-state index contributed by atoms with van der Waals surface area (Å²) in [6, 6.07) is 17.7. The van der Waals surface area contributed by atoms with Gasteiger partial charge in [0.1, 0.15) is 5.75 Å². The lowest BCUT2D eigenvalue weighted by molar-refractivity contribution is -0.123. The van der Waals surface area contributed by atoms with Gasteiger partial charge in [-0.05, 0) is 30.0 Å². The lowest BCUT2D eigenvalue weighted by Crippen LogP contribution is -2.31. The molecule has 0 spiro atoms. The van der Waals surface area contributed by atoms with Gasteiger partial charge in [-0.15, -0.1) is 0 Å². The molecule has 22 heavy (non-hydrogen) atoms. The van der Waals surface area contributed by atoms with Crippen LogP contribution in [0.1, 0.15) is 43.9 Å². The largest absolute Gasteiger partial charge is 0.483 e. The monoisotopic (exact) mass is 297 g/mol. The Balaban J connectivity index is 1.91. The van der Waals surface area contributed by atoms with E-state index < -0.39 is 0 Å². The molecule has 3 nitrogen and oxygen atoms in total. The summed E-state index contributed by atoms with van der Waals surface area (Å²) in [5, 5.41) is 2.95. The average molecular weight is 297 g/mol. The Morgan fingerprint density at radius 1 is 1.00 bits per heavy atom. The first-order valence-corrected chi connectivity index (χ1v) is 7.64. The Labute approximate surface area is 132 Å². The second kappa shape index (κ2) is 7.64. The molecule has 0 bridgehead atoms. The number of amides is 1. The SMILES string of the molecule is CC(C)c1ccccc1OCC(=O)N[C@H](C)c1ccccc1. The highest BCUT2D eigenvalue weighted by molar-refractivity contribution is 5.78. The minimum atomic E-state index is -0.116. The summed E-state index contributed by atoms with van der Waals surface area (Å²) in [6.45, 7) is 6.22. The zero-order valence-corrected chi connectivity index (χ0v) is 13.4. The van der Waals surface area contributed by atoms with Crippen molar-refractivity contribution in [3.63, 3.8) is 0 Å². The van der Waals surface area contributed by atoms with E-state index in [4.69, 9.17) is 4.74 Å². The molecule has 1 N–H and O–H groups in total. The minimum Gasteiger partial charge on any atom is -0.483 e. The summed E-state index contributed by atoms with van der Waals surface area (Å²) in [4.78, 5) is 12.0. The maximum absolute atomic E-state index is 12.0. The van der Waals surface area contributed by atoms with Gasteiger partial charge in [-0.3, -0.25) is 4.79 Å². The Kier molecular flexibility index (Phi) is 5.59. The number of nitrogens with one attached hydrogen (secondary N) is 1. The molecule has 3 heteroatoms. The standard InChI is InChI=1S/C19H23NO2/c1-14(2)17-11-7-8-12-18(17)22-13-19(21)20-15(3)16-9-5-4-6-10-16/h4-12,14-15H,13H2,1-3H3,(H,20,21)/t15-/m1/s1. The van der Waals surface area contributed by atoms with E-state index in [1.807, 2.05) is 61.5 Å². The fourth-order valence-electron chi connectivity index (χ4n) is 2.34. The third kappa shape index (κ3) is 4.35. The molecule has 2 aromatic carbocycles. The van der Waals surface area contributed by atoms with Crippen molar-refractivity contribution in [2.45, 2.75) is 32.7 Å². The Bertz CT molecular complexity index is 608. The van der Waals surface area contributed by atoms with E-state index in [1.165, 1.54) is 0 Å². The second-order valence-electron chi connectivity index (χ2n) is 5.68. The third-order valence-corrected chi connectivity index (χ3v) is 3.58. The number of carbonyl (C=O) groups excluding carboxylic acids is 1. The van der Waals surface area contributed by atoms with Gasteiger partial charge in [0, 0.05) is 0 Å². The molecule has 2 aromatic rings. The number of hydrogen-bond acceptors (Lipinski definition) is 2. The van der Waals surface area contributed by atoms with Gasteiger partial charge in [0.2, 0.25) is 0 Å². The van der Waals surface area contributed by atoms with Gasteiger partial charge >= 0.3 is 0 Å². The molecule has 0 saturated carbocycles. The molecular formula is C19H23NO2. The fourth-order valence-corrected chi connectivity index (χ4v) is 2.34. The minimum absolute atomic E-state index is 0.0287. The number of carbonyl (C=O) groups is 1. The Morgan fingerprint density at radius 2 is 1.64 bits per heavy atom. The van der Waals surface area contributed by atoms with E-state index in [-0.39, 0.29) is 18.6 Å². The van der Waals surface area contributed by atoms with E-state index in [0.29, 0.717) is 5.92 Å².